The van der Waals surface area contributed by atoms with Crippen molar-refractivity contribution in [2.24, 2.45) is 16.7 Å². The molecular weight excluding hydrogens is 376 g/mol. The van der Waals surface area contributed by atoms with Crippen LogP contribution in [0.2, 0.25) is 0 Å². The Bertz CT molecular complexity index is 1270. The summed E-state index contributed by atoms with van der Waals surface area (Å²) >= 11 is 0. The Labute approximate surface area is 175 Å². The zero-order valence-corrected chi connectivity index (χ0v) is 18.3. The Morgan fingerprint density at radius 3 is 2.67 bits per heavy atom. The second-order valence-corrected chi connectivity index (χ2v) is 10.0. The molecule has 0 radical (unpaired) electrons. The number of fused-ring (bicyclic) bond motifs is 5. The van der Waals surface area contributed by atoms with E-state index in [1.807, 2.05) is 26.0 Å². The van der Waals surface area contributed by atoms with Gasteiger partial charge >= 0.3 is 5.97 Å². The van der Waals surface area contributed by atoms with Crippen molar-refractivity contribution in [1.82, 2.24) is 9.97 Å². The van der Waals surface area contributed by atoms with E-state index >= 15 is 0 Å². The summed E-state index contributed by atoms with van der Waals surface area (Å²) in [5.74, 6) is 0.289. The Morgan fingerprint density at radius 2 is 2.00 bits per heavy atom. The molecule has 2 aromatic heterocycles. The van der Waals surface area contributed by atoms with Crippen LogP contribution in [0, 0.1) is 30.6 Å². The molecule has 0 saturated heterocycles. The molecule has 3 aromatic rings. The maximum absolute atomic E-state index is 13.2. The molecule has 1 N–H and O–H groups in total. The van der Waals surface area contributed by atoms with Crippen molar-refractivity contribution in [2.75, 3.05) is 0 Å². The summed E-state index contributed by atoms with van der Waals surface area (Å²) in [6.07, 6.45) is 4.80. The molecule has 2 aliphatic carbocycles. The number of hydrogen-bond acceptors (Lipinski definition) is 4. The molecule has 156 valence electrons. The van der Waals surface area contributed by atoms with Crippen molar-refractivity contribution in [1.29, 1.82) is 0 Å². The summed E-state index contributed by atoms with van der Waals surface area (Å²) in [6.45, 7) is 10.7. The minimum Gasteiger partial charge on any atom is -0.458 e. The number of nitrogens with zero attached hydrogens (tertiary/aromatic N) is 1. The number of benzene rings is 1. The highest BCUT2D eigenvalue weighted by Gasteiger charge is 2.62. The number of esters is 1. The normalized spacial score (nSPS) is 27.1. The fourth-order valence-electron chi connectivity index (χ4n) is 6.04. The van der Waals surface area contributed by atoms with Crippen LogP contribution >= 0.6 is 0 Å². The topological polar surface area (TPSA) is 72.0 Å². The second-order valence-electron chi connectivity index (χ2n) is 10.0. The van der Waals surface area contributed by atoms with Gasteiger partial charge < -0.3 is 9.72 Å². The van der Waals surface area contributed by atoms with Crippen molar-refractivity contribution in [3.63, 3.8) is 0 Å². The summed E-state index contributed by atoms with van der Waals surface area (Å²) in [5.41, 5.74) is 3.70. The number of aromatic amines is 1. The lowest BCUT2D eigenvalue weighted by molar-refractivity contribution is -0.0243. The van der Waals surface area contributed by atoms with Gasteiger partial charge in [-0.1, -0.05) is 26.8 Å². The molecule has 2 unspecified atom stereocenters. The van der Waals surface area contributed by atoms with Gasteiger partial charge in [0.15, 0.2) is 0 Å². The van der Waals surface area contributed by atoms with Crippen LogP contribution in [-0.4, -0.2) is 22.0 Å². The highest BCUT2D eigenvalue weighted by molar-refractivity contribution is 6.09. The first-order valence-corrected chi connectivity index (χ1v) is 10.8. The summed E-state index contributed by atoms with van der Waals surface area (Å²) in [6, 6.07) is 5.49. The van der Waals surface area contributed by atoms with Gasteiger partial charge in [0.05, 0.1) is 16.6 Å². The number of aryl methyl sites for hydroxylation is 2. The van der Waals surface area contributed by atoms with Gasteiger partial charge in [-0.15, -0.1) is 0 Å². The number of pyridine rings is 2. The Balaban J connectivity index is 1.58. The predicted octanol–water partition coefficient (Wildman–Crippen LogP) is 5.06. The molecule has 5 rings (SSSR count). The van der Waals surface area contributed by atoms with E-state index in [1.54, 1.807) is 12.3 Å². The molecule has 0 amide bonds. The van der Waals surface area contributed by atoms with Gasteiger partial charge in [0.1, 0.15) is 6.10 Å². The molecule has 0 aliphatic heterocycles. The molecule has 2 saturated carbocycles. The number of ether oxygens (including phenoxy) is 1. The molecule has 2 aliphatic rings. The zero-order valence-electron chi connectivity index (χ0n) is 18.3. The Kier molecular flexibility index (Phi) is 3.96. The first-order chi connectivity index (χ1) is 14.1. The van der Waals surface area contributed by atoms with E-state index in [0.29, 0.717) is 11.5 Å². The van der Waals surface area contributed by atoms with E-state index < -0.39 is 0 Å². The first kappa shape index (κ1) is 19.3. The third-order valence-corrected chi connectivity index (χ3v) is 8.50. The fraction of sp³-hybridized carbons (Fsp3) is 0.480. The Hall–Kier alpha value is -2.69. The molecule has 5 nitrogen and oxygen atoms in total. The van der Waals surface area contributed by atoms with Crippen LogP contribution in [-0.2, 0) is 4.74 Å². The van der Waals surface area contributed by atoms with E-state index in [2.05, 4.69) is 30.7 Å². The standard InChI is InChI=1S/C25H28N2O3/c1-13-10-20(28)27-22-16(13)6-7-18-21(22)14(2)17(12-26-18)23(29)30-19-11-15-8-9-25(19,5)24(15,3)4/h6-7,10,12,15,19H,8-9,11H2,1-5H3,(H,27,28)/t15?,19-,25?/m1/s1. The SMILES string of the molecule is Cc1cc(=O)[nH]c2c1ccc1ncc(C(=O)O[C@@H]3CC4CCC3(C)C4(C)C)c(C)c12. The third-order valence-electron chi connectivity index (χ3n) is 8.50. The number of nitrogens with one attached hydrogen (secondary N) is 1. The molecule has 0 spiro atoms. The van der Waals surface area contributed by atoms with Gasteiger partial charge in [0.25, 0.3) is 0 Å². The highest BCUT2D eigenvalue weighted by atomic mass is 16.5. The summed E-state index contributed by atoms with van der Waals surface area (Å²) in [5, 5.41) is 1.77. The van der Waals surface area contributed by atoms with Gasteiger partial charge in [-0.25, -0.2) is 4.79 Å². The van der Waals surface area contributed by atoms with Gasteiger partial charge in [0, 0.05) is 28.5 Å². The monoisotopic (exact) mass is 404 g/mol. The third kappa shape index (κ3) is 2.44. The van der Waals surface area contributed by atoms with Crippen molar-refractivity contribution in [3.05, 3.63) is 51.4 Å². The zero-order chi connectivity index (χ0) is 21.4. The maximum atomic E-state index is 13.2. The molecule has 1 aromatic carbocycles. The first-order valence-electron chi connectivity index (χ1n) is 10.8. The minimum atomic E-state index is -0.316. The van der Waals surface area contributed by atoms with Gasteiger partial charge in [-0.3, -0.25) is 9.78 Å². The summed E-state index contributed by atoms with van der Waals surface area (Å²) in [7, 11) is 0. The van der Waals surface area contributed by atoms with Crippen LogP contribution in [0.4, 0.5) is 0 Å². The number of carbonyl (C=O) groups excluding carboxylic acids is 1. The van der Waals surface area contributed by atoms with E-state index in [0.717, 1.165) is 45.8 Å². The van der Waals surface area contributed by atoms with E-state index in [4.69, 9.17) is 4.74 Å². The van der Waals surface area contributed by atoms with Crippen molar-refractivity contribution >= 4 is 27.8 Å². The van der Waals surface area contributed by atoms with Crippen LogP contribution in [0.25, 0.3) is 21.8 Å². The minimum absolute atomic E-state index is 0.0144. The number of H-pyrrole nitrogens is 1. The number of hydrogen-bond donors (Lipinski definition) is 1. The lowest BCUT2D eigenvalue weighted by Crippen LogP contribution is -2.38. The lowest BCUT2D eigenvalue weighted by Gasteiger charge is -2.38. The molecule has 5 heteroatoms. The van der Waals surface area contributed by atoms with Crippen LogP contribution < -0.4 is 5.56 Å². The van der Waals surface area contributed by atoms with E-state index in [9.17, 15) is 9.59 Å². The van der Waals surface area contributed by atoms with Gasteiger partial charge in [-0.05, 0) is 61.6 Å². The molecule has 3 atom stereocenters. The smallest absolute Gasteiger partial charge is 0.340 e. The van der Waals surface area contributed by atoms with Crippen LogP contribution in [0.15, 0.2) is 29.2 Å². The van der Waals surface area contributed by atoms with Crippen LogP contribution in [0.3, 0.4) is 0 Å². The van der Waals surface area contributed by atoms with E-state index in [-0.39, 0.29) is 28.5 Å². The van der Waals surface area contributed by atoms with E-state index in [1.165, 1.54) is 6.42 Å². The second kappa shape index (κ2) is 6.16. The number of aromatic nitrogens is 2. The summed E-state index contributed by atoms with van der Waals surface area (Å²) < 4.78 is 6.11. The lowest BCUT2D eigenvalue weighted by atomic mass is 9.70. The van der Waals surface area contributed by atoms with Crippen LogP contribution in [0.5, 0.6) is 0 Å². The summed E-state index contributed by atoms with van der Waals surface area (Å²) in [4.78, 5) is 32.8. The largest absolute Gasteiger partial charge is 0.458 e. The molecule has 2 fully saturated rings. The number of rotatable bonds is 2. The Morgan fingerprint density at radius 1 is 1.23 bits per heavy atom. The van der Waals surface area contributed by atoms with Crippen molar-refractivity contribution in [2.45, 2.75) is 60.0 Å². The molecule has 30 heavy (non-hydrogen) atoms. The average molecular weight is 405 g/mol. The maximum Gasteiger partial charge on any atom is 0.340 e. The number of carbonyl (C=O) groups is 1. The average Bonchev–Trinajstić information content (AvgIpc) is 3.01. The molecule has 2 bridgehead atoms. The quantitative estimate of drug-likeness (QED) is 0.478. The van der Waals surface area contributed by atoms with Gasteiger partial charge in [0.2, 0.25) is 5.56 Å². The van der Waals surface area contributed by atoms with Crippen LogP contribution in [0.1, 0.15) is 61.5 Å². The van der Waals surface area contributed by atoms with Gasteiger partial charge in [-0.2, -0.15) is 0 Å². The van der Waals surface area contributed by atoms with Crippen molar-refractivity contribution in [3.8, 4) is 0 Å². The van der Waals surface area contributed by atoms with Crippen molar-refractivity contribution < 1.29 is 9.53 Å². The fourth-order valence-corrected chi connectivity index (χ4v) is 6.04. The molecule has 2 heterocycles. The molecular formula is C25H28N2O3. The highest BCUT2D eigenvalue weighted by Crippen LogP contribution is 2.66. The predicted molar refractivity (Wildman–Crippen MR) is 118 cm³/mol.